The van der Waals surface area contributed by atoms with Crippen LogP contribution in [0, 0.1) is 11.3 Å². The van der Waals surface area contributed by atoms with Crippen LogP contribution in [0.15, 0.2) is 23.8 Å². The normalized spacial score (nSPS) is 24.8. The minimum absolute atomic E-state index is 0.0359. The lowest BCUT2D eigenvalue weighted by Crippen LogP contribution is -2.36. The van der Waals surface area contributed by atoms with Gasteiger partial charge in [0.2, 0.25) is 0 Å². The van der Waals surface area contributed by atoms with Gasteiger partial charge in [-0.15, -0.1) is 0 Å². The van der Waals surface area contributed by atoms with Crippen LogP contribution in [0.25, 0.3) is 6.08 Å². The molecule has 1 fully saturated rings. The van der Waals surface area contributed by atoms with Crippen LogP contribution in [0.4, 0.5) is 0 Å². The van der Waals surface area contributed by atoms with Crippen LogP contribution in [0.2, 0.25) is 0 Å². The van der Waals surface area contributed by atoms with Crippen molar-refractivity contribution in [1.82, 2.24) is 5.32 Å². The number of hydrogen-bond acceptors (Lipinski definition) is 5. The minimum atomic E-state index is -3.08. The number of amides is 1. The van der Waals surface area contributed by atoms with E-state index in [1.165, 1.54) is 6.08 Å². The van der Waals surface area contributed by atoms with Gasteiger partial charge in [0.1, 0.15) is 23.5 Å². The molecule has 2 aliphatic heterocycles. The van der Waals surface area contributed by atoms with Crippen LogP contribution in [-0.2, 0) is 21.1 Å². The van der Waals surface area contributed by atoms with E-state index in [1.54, 1.807) is 6.07 Å². The second-order valence-electron chi connectivity index (χ2n) is 6.24. The van der Waals surface area contributed by atoms with Crippen LogP contribution in [-0.4, -0.2) is 38.0 Å². The zero-order valence-electron chi connectivity index (χ0n) is 13.3. The molecule has 2 heterocycles. The number of rotatable bonds is 3. The van der Waals surface area contributed by atoms with E-state index in [9.17, 15) is 18.5 Å². The molecular weight excluding hydrogens is 328 g/mol. The lowest BCUT2D eigenvalue weighted by molar-refractivity contribution is -0.117. The smallest absolute Gasteiger partial charge is 0.262 e. The zero-order chi connectivity index (χ0) is 17.3. The van der Waals surface area contributed by atoms with Crippen molar-refractivity contribution in [2.45, 2.75) is 31.9 Å². The van der Waals surface area contributed by atoms with E-state index in [2.05, 4.69) is 5.32 Å². The monoisotopic (exact) mass is 346 g/mol. The summed E-state index contributed by atoms with van der Waals surface area (Å²) in [5.74, 6) is 0.307. The summed E-state index contributed by atoms with van der Waals surface area (Å²) < 4.78 is 28.5. The number of hydrogen-bond donors (Lipinski definition) is 1. The van der Waals surface area contributed by atoms with E-state index in [1.807, 2.05) is 25.1 Å². The first-order valence-electron chi connectivity index (χ1n) is 7.79. The Morgan fingerprint density at radius 2 is 2.25 bits per heavy atom. The zero-order valence-corrected chi connectivity index (χ0v) is 14.1. The molecule has 0 bridgehead atoms. The van der Waals surface area contributed by atoms with Gasteiger partial charge in [-0.25, -0.2) is 8.42 Å². The predicted octanol–water partition coefficient (Wildman–Crippen LogP) is 1.22. The number of benzene rings is 1. The molecular formula is C17H18N2O4S. The quantitative estimate of drug-likeness (QED) is 0.656. The number of nitriles is 1. The van der Waals surface area contributed by atoms with Crippen molar-refractivity contribution in [1.29, 1.82) is 5.26 Å². The molecule has 126 valence electrons. The largest absolute Gasteiger partial charge is 0.490 e. The van der Waals surface area contributed by atoms with Gasteiger partial charge in [0.15, 0.2) is 9.84 Å². The summed E-state index contributed by atoms with van der Waals surface area (Å²) in [6.07, 6.45) is 2.83. The molecule has 2 atom stereocenters. The van der Waals surface area contributed by atoms with Crippen molar-refractivity contribution in [3.63, 3.8) is 0 Å². The Labute approximate surface area is 141 Å². The molecule has 1 saturated heterocycles. The van der Waals surface area contributed by atoms with Gasteiger partial charge in [0, 0.05) is 12.5 Å². The summed E-state index contributed by atoms with van der Waals surface area (Å²) in [6.45, 7) is 1.99. The van der Waals surface area contributed by atoms with Crippen molar-refractivity contribution in [3.8, 4) is 11.8 Å². The van der Waals surface area contributed by atoms with Crippen LogP contribution >= 0.6 is 0 Å². The van der Waals surface area contributed by atoms with Crippen molar-refractivity contribution >= 4 is 21.8 Å². The third kappa shape index (κ3) is 3.60. The molecule has 7 heteroatoms. The molecule has 2 aliphatic rings. The number of nitrogens with one attached hydrogen (secondary N) is 1. The lowest BCUT2D eigenvalue weighted by atomic mass is 10.0. The van der Waals surface area contributed by atoms with Gasteiger partial charge in [-0.05, 0) is 42.7 Å². The highest BCUT2D eigenvalue weighted by atomic mass is 32.2. The topological polar surface area (TPSA) is 96.3 Å². The summed E-state index contributed by atoms with van der Waals surface area (Å²) in [4.78, 5) is 12.2. The Bertz CT molecular complexity index is 852. The molecule has 0 aliphatic carbocycles. The second-order valence-corrected chi connectivity index (χ2v) is 8.47. The summed E-state index contributed by atoms with van der Waals surface area (Å²) in [6, 6.07) is 7.00. The van der Waals surface area contributed by atoms with Gasteiger partial charge in [-0.1, -0.05) is 6.07 Å². The van der Waals surface area contributed by atoms with Crippen molar-refractivity contribution < 1.29 is 17.9 Å². The van der Waals surface area contributed by atoms with Crippen molar-refractivity contribution in [3.05, 3.63) is 34.9 Å². The van der Waals surface area contributed by atoms with Crippen LogP contribution in [0.3, 0.4) is 0 Å². The average molecular weight is 346 g/mol. The fourth-order valence-electron chi connectivity index (χ4n) is 3.02. The number of sulfone groups is 1. The Morgan fingerprint density at radius 3 is 2.92 bits per heavy atom. The highest BCUT2D eigenvalue weighted by molar-refractivity contribution is 7.91. The first-order valence-corrected chi connectivity index (χ1v) is 9.61. The summed E-state index contributed by atoms with van der Waals surface area (Å²) in [7, 11) is -3.08. The Kier molecular flexibility index (Phi) is 4.33. The van der Waals surface area contributed by atoms with Crippen molar-refractivity contribution in [2.24, 2.45) is 0 Å². The fraction of sp³-hybridized carbons (Fsp3) is 0.412. The molecule has 0 spiro atoms. The standard InChI is InChI=1S/C17H18N2O4S/c1-11-6-13-7-12(2-3-16(13)23-11)8-14(9-18)17(20)19-15-4-5-24(21,22)10-15/h2-3,7-8,11,15H,4-6,10H2,1H3,(H,19,20). The molecule has 0 aromatic heterocycles. The third-order valence-corrected chi connectivity index (χ3v) is 5.93. The van der Waals surface area contributed by atoms with Gasteiger partial charge in [0.05, 0.1) is 11.5 Å². The molecule has 0 saturated carbocycles. The SMILES string of the molecule is CC1Cc2cc(C=C(C#N)C(=O)NC3CCS(=O)(=O)C3)ccc2O1. The second kappa shape index (κ2) is 6.29. The van der Waals surface area contributed by atoms with Gasteiger partial charge in [-0.3, -0.25) is 4.79 Å². The summed E-state index contributed by atoms with van der Waals surface area (Å²) in [5.41, 5.74) is 1.76. The summed E-state index contributed by atoms with van der Waals surface area (Å²) in [5, 5.41) is 11.9. The van der Waals surface area contributed by atoms with Crippen LogP contribution < -0.4 is 10.1 Å². The van der Waals surface area contributed by atoms with Gasteiger partial charge in [-0.2, -0.15) is 5.26 Å². The number of ether oxygens (including phenoxy) is 1. The summed E-state index contributed by atoms with van der Waals surface area (Å²) >= 11 is 0. The minimum Gasteiger partial charge on any atom is -0.490 e. The highest BCUT2D eigenvalue weighted by Gasteiger charge is 2.29. The van der Waals surface area contributed by atoms with E-state index < -0.39 is 21.8 Å². The Morgan fingerprint density at radius 1 is 1.46 bits per heavy atom. The predicted molar refractivity (Wildman–Crippen MR) is 89.0 cm³/mol. The average Bonchev–Trinajstić information content (AvgIpc) is 3.05. The molecule has 2 unspecified atom stereocenters. The molecule has 1 N–H and O–H groups in total. The Hall–Kier alpha value is -2.33. The molecule has 24 heavy (non-hydrogen) atoms. The number of fused-ring (bicyclic) bond motifs is 1. The Balaban J connectivity index is 1.74. The van der Waals surface area contributed by atoms with E-state index in [4.69, 9.17) is 4.74 Å². The fourth-order valence-corrected chi connectivity index (χ4v) is 4.69. The van der Waals surface area contributed by atoms with E-state index in [0.29, 0.717) is 6.42 Å². The van der Waals surface area contributed by atoms with Crippen molar-refractivity contribution in [2.75, 3.05) is 11.5 Å². The molecule has 6 nitrogen and oxygen atoms in total. The van der Waals surface area contributed by atoms with E-state index in [-0.39, 0.29) is 23.2 Å². The molecule has 1 aromatic rings. The maximum atomic E-state index is 12.2. The van der Waals surface area contributed by atoms with Gasteiger partial charge in [0.25, 0.3) is 5.91 Å². The molecule has 1 amide bonds. The molecule has 0 radical (unpaired) electrons. The van der Waals surface area contributed by atoms with E-state index in [0.717, 1.165) is 23.3 Å². The highest BCUT2D eigenvalue weighted by Crippen LogP contribution is 2.30. The van der Waals surface area contributed by atoms with Crippen LogP contribution in [0.1, 0.15) is 24.5 Å². The number of nitrogens with zero attached hydrogens (tertiary/aromatic N) is 1. The van der Waals surface area contributed by atoms with E-state index >= 15 is 0 Å². The van der Waals surface area contributed by atoms with Gasteiger partial charge >= 0.3 is 0 Å². The number of carbonyl (C=O) groups is 1. The lowest BCUT2D eigenvalue weighted by Gasteiger charge is -2.10. The molecule has 1 aromatic carbocycles. The first-order chi connectivity index (χ1) is 11.4. The van der Waals surface area contributed by atoms with Gasteiger partial charge < -0.3 is 10.1 Å². The first kappa shape index (κ1) is 16.5. The maximum Gasteiger partial charge on any atom is 0.262 e. The van der Waals surface area contributed by atoms with Crippen LogP contribution in [0.5, 0.6) is 5.75 Å². The maximum absolute atomic E-state index is 12.2. The third-order valence-electron chi connectivity index (χ3n) is 4.16. The number of carbonyl (C=O) groups excluding carboxylic acids is 1. The molecule has 3 rings (SSSR count).